The van der Waals surface area contributed by atoms with Crippen molar-refractivity contribution in [2.45, 2.75) is 38.1 Å². The van der Waals surface area contributed by atoms with Gasteiger partial charge in [-0.3, -0.25) is 4.79 Å². The first kappa shape index (κ1) is 12.6. The lowest BCUT2D eigenvalue weighted by molar-refractivity contribution is -0.135. The molecule has 0 atom stereocenters. The second-order valence-electron chi connectivity index (χ2n) is 6.19. The van der Waals surface area contributed by atoms with Gasteiger partial charge in [-0.2, -0.15) is 5.11 Å². The van der Waals surface area contributed by atoms with Gasteiger partial charge < -0.3 is 10.4 Å². The SMILES string of the molecule is O=C(O)CNC(=O)N=NC1C2CC3CC(C2)CC1C3. The summed E-state index contributed by atoms with van der Waals surface area (Å²) in [5, 5.41) is 18.5. The van der Waals surface area contributed by atoms with E-state index in [1.165, 1.54) is 32.1 Å². The molecule has 104 valence electrons. The van der Waals surface area contributed by atoms with E-state index in [0.29, 0.717) is 11.8 Å². The summed E-state index contributed by atoms with van der Waals surface area (Å²) in [6.07, 6.45) is 6.30. The van der Waals surface area contributed by atoms with E-state index in [1.807, 2.05) is 0 Å². The van der Waals surface area contributed by atoms with Gasteiger partial charge in [0.25, 0.3) is 0 Å². The molecule has 6 heteroatoms. The minimum atomic E-state index is -1.07. The Kier molecular flexibility index (Phi) is 3.24. The van der Waals surface area contributed by atoms with E-state index in [-0.39, 0.29) is 6.04 Å². The Labute approximate surface area is 111 Å². The van der Waals surface area contributed by atoms with E-state index in [9.17, 15) is 9.59 Å². The third-order valence-corrected chi connectivity index (χ3v) is 4.85. The molecule has 4 aliphatic rings. The van der Waals surface area contributed by atoms with E-state index in [4.69, 9.17) is 5.11 Å². The maximum absolute atomic E-state index is 11.3. The fourth-order valence-electron chi connectivity index (χ4n) is 4.39. The molecule has 4 rings (SSSR count). The first-order valence-corrected chi connectivity index (χ1v) is 7.02. The van der Waals surface area contributed by atoms with Crippen molar-refractivity contribution in [3.8, 4) is 0 Å². The average Bonchev–Trinajstić information content (AvgIpc) is 2.34. The molecule has 0 saturated heterocycles. The van der Waals surface area contributed by atoms with E-state index < -0.39 is 18.5 Å². The number of aliphatic carboxylic acids is 1. The van der Waals surface area contributed by atoms with Crippen molar-refractivity contribution in [1.29, 1.82) is 0 Å². The zero-order valence-corrected chi connectivity index (χ0v) is 10.8. The largest absolute Gasteiger partial charge is 0.480 e. The molecule has 6 nitrogen and oxygen atoms in total. The van der Waals surface area contributed by atoms with Crippen molar-refractivity contribution in [2.24, 2.45) is 33.9 Å². The van der Waals surface area contributed by atoms with Gasteiger partial charge in [0.05, 0.1) is 6.04 Å². The van der Waals surface area contributed by atoms with E-state index in [0.717, 1.165) is 11.8 Å². The van der Waals surface area contributed by atoms with Crippen LogP contribution in [0.5, 0.6) is 0 Å². The van der Waals surface area contributed by atoms with E-state index >= 15 is 0 Å². The Morgan fingerprint density at radius 3 is 2.16 bits per heavy atom. The normalized spacial score (nSPS) is 39.7. The van der Waals surface area contributed by atoms with Gasteiger partial charge in [-0.25, -0.2) is 4.79 Å². The van der Waals surface area contributed by atoms with Crippen molar-refractivity contribution < 1.29 is 14.7 Å². The predicted molar refractivity (Wildman–Crippen MR) is 66.7 cm³/mol. The highest BCUT2D eigenvalue weighted by Crippen LogP contribution is 2.54. The third kappa shape index (κ3) is 2.62. The Hall–Kier alpha value is -1.46. The summed E-state index contributed by atoms with van der Waals surface area (Å²) < 4.78 is 0. The van der Waals surface area contributed by atoms with Gasteiger partial charge in [0, 0.05) is 0 Å². The molecule has 2 N–H and O–H groups in total. The lowest BCUT2D eigenvalue weighted by atomic mass is 9.54. The summed E-state index contributed by atoms with van der Waals surface area (Å²) in [7, 11) is 0. The second-order valence-corrected chi connectivity index (χ2v) is 6.19. The molecule has 0 unspecified atom stereocenters. The molecule has 0 aromatic carbocycles. The lowest BCUT2D eigenvalue weighted by Gasteiger charge is -2.52. The number of azo groups is 1. The number of urea groups is 1. The monoisotopic (exact) mass is 265 g/mol. The predicted octanol–water partition coefficient (Wildman–Crippen LogP) is 2.06. The van der Waals surface area contributed by atoms with E-state index in [1.54, 1.807) is 0 Å². The van der Waals surface area contributed by atoms with Gasteiger partial charge >= 0.3 is 12.0 Å². The van der Waals surface area contributed by atoms with E-state index in [2.05, 4.69) is 15.5 Å². The van der Waals surface area contributed by atoms with Crippen LogP contribution in [0.3, 0.4) is 0 Å². The number of carbonyl (C=O) groups excluding carboxylic acids is 1. The number of hydrogen-bond acceptors (Lipinski definition) is 3. The minimum Gasteiger partial charge on any atom is -0.480 e. The number of nitrogens with one attached hydrogen (secondary N) is 1. The zero-order chi connectivity index (χ0) is 13.4. The number of carbonyl (C=O) groups is 2. The van der Waals surface area contributed by atoms with Gasteiger partial charge in [0.1, 0.15) is 6.54 Å². The lowest BCUT2D eigenvalue weighted by Crippen LogP contribution is -2.47. The van der Waals surface area contributed by atoms with Crippen molar-refractivity contribution >= 4 is 12.0 Å². The fourth-order valence-corrected chi connectivity index (χ4v) is 4.39. The Balaban J connectivity index is 1.58. The van der Waals surface area contributed by atoms with Crippen molar-refractivity contribution in [1.82, 2.24) is 5.32 Å². The third-order valence-electron chi connectivity index (χ3n) is 4.85. The quantitative estimate of drug-likeness (QED) is 0.765. The van der Waals surface area contributed by atoms with Gasteiger partial charge in [0.2, 0.25) is 0 Å². The molecule has 19 heavy (non-hydrogen) atoms. The van der Waals surface area contributed by atoms with Crippen LogP contribution in [-0.2, 0) is 4.79 Å². The molecule has 0 aliphatic heterocycles. The maximum Gasteiger partial charge on any atom is 0.359 e. The summed E-state index contributed by atoms with van der Waals surface area (Å²) in [5.41, 5.74) is 0. The molecule has 0 aromatic rings. The summed E-state index contributed by atoms with van der Waals surface area (Å²) in [6.45, 7) is -0.403. The molecule has 2 amide bonds. The molecule has 0 heterocycles. The second kappa shape index (κ2) is 4.90. The highest BCUT2D eigenvalue weighted by molar-refractivity contribution is 5.79. The highest BCUT2D eigenvalue weighted by Gasteiger charge is 2.48. The summed E-state index contributed by atoms with van der Waals surface area (Å²) in [6, 6.07) is -0.459. The number of hydrogen-bond donors (Lipinski definition) is 2. The minimum absolute atomic E-state index is 0.184. The number of nitrogens with zero attached hydrogens (tertiary/aromatic N) is 2. The number of carboxylic acid groups (broad SMARTS) is 1. The van der Waals surface area contributed by atoms with Crippen LogP contribution in [0, 0.1) is 23.7 Å². The standard InChI is InChI=1S/C13H19N3O3/c17-11(18)6-14-13(19)16-15-12-9-2-7-1-8(4-9)5-10(12)3-7/h7-10,12H,1-6H2,(H,14,19)(H,17,18). The molecule has 0 radical (unpaired) electrons. The smallest absolute Gasteiger partial charge is 0.359 e. The van der Waals surface area contributed by atoms with Crippen LogP contribution in [0.1, 0.15) is 32.1 Å². The van der Waals surface area contributed by atoms with Crippen LogP contribution in [0.15, 0.2) is 10.2 Å². The Morgan fingerprint density at radius 1 is 1.05 bits per heavy atom. The summed E-state index contributed by atoms with van der Waals surface area (Å²) >= 11 is 0. The van der Waals surface area contributed by atoms with Crippen LogP contribution in [0.25, 0.3) is 0 Å². The highest BCUT2D eigenvalue weighted by atomic mass is 16.4. The first-order chi connectivity index (χ1) is 9.11. The summed E-state index contributed by atoms with van der Waals surface area (Å²) in [5.74, 6) is 1.85. The van der Waals surface area contributed by atoms with Gasteiger partial charge in [-0.1, -0.05) is 5.11 Å². The van der Waals surface area contributed by atoms with Crippen LogP contribution in [0.4, 0.5) is 4.79 Å². The average molecular weight is 265 g/mol. The van der Waals surface area contributed by atoms with Crippen LogP contribution in [0.2, 0.25) is 0 Å². The summed E-state index contributed by atoms with van der Waals surface area (Å²) in [4.78, 5) is 21.7. The number of amides is 2. The number of carboxylic acids is 1. The fraction of sp³-hybridized carbons (Fsp3) is 0.846. The van der Waals surface area contributed by atoms with Crippen LogP contribution >= 0.6 is 0 Å². The number of rotatable bonds is 3. The van der Waals surface area contributed by atoms with Crippen molar-refractivity contribution in [3.63, 3.8) is 0 Å². The molecule has 4 aliphatic carbocycles. The molecule has 4 fully saturated rings. The Bertz CT molecular complexity index is 393. The molecule has 0 spiro atoms. The molecular weight excluding hydrogens is 246 g/mol. The van der Waals surface area contributed by atoms with Crippen LogP contribution < -0.4 is 5.32 Å². The van der Waals surface area contributed by atoms with Gasteiger partial charge in [-0.05, 0) is 55.8 Å². The van der Waals surface area contributed by atoms with Crippen LogP contribution in [-0.4, -0.2) is 29.7 Å². The Morgan fingerprint density at radius 2 is 1.63 bits per heavy atom. The first-order valence-electron chi connectivity index (χ1n) is 7.02. The van der Waals surface area contributed by atoms with Crippen molar-refractivity contribution in [2.75, 3.05) is 6.54 Å². The zero-order valence-electron chi connectivity index (χ0n) is 10.8. The molecular formula is C13H19N3O3. The van der Waals surface area contributed by atoms with Gasteiger partial charge in [-0.15, -0.1) is 0 Å². The molecule has 0 aromatic heterocycles. The molecule has 4 bridgehead atoms. The topological polar surface area (TPSA) is 91.1 Å². The van der Waals surface area contributed by atoms with Crippen molar-refractivity contribution in [3.05, 3.63) is 0 Å². The molecule has 4 saturated carbocycles. The van der Waals surface area contributed by atoms with Gasteiger partial charge in [0.15, 0.2) is 0 Å². The maximum atomic E-state index is 11.3.